The largest absolute Gasteiger partial charge is 0.350 e. The lowest BCUT2D eigenvalue weighted by Gasteiger charge is -2.10. The van der Waals surface area contributed by atoms with Crippen molar-refractivity contribution < 1.29 is 4.79 Å². The fraction of sp³-hybridized carbons (Fsp3) is 0.474. The highest BCUT2D eigenvalue weighted by atomic mass is 16.1. The maximum absolute atomic E-state index is 12.6. The number of hydrogen-bond donors (Lipinski definition) is 2. The van der Waals surface area contributed by atoms with E-state index in [0.717, 1.165) is 30.5 Å². The number of nitrogens with one attached hydrogen (secondary N) is 1. The van der Waals surface area contributed by atoms with Crippen LogP contribution in [0, 0.1) is 19.8 Å². The van der Waals surface area contributed by atoms with Gasteiger partial charge in [0.2, 0.25) is 0 Å². The Bertz CT molecular complexity index is 763. The summed E-state index contributed by atoms with van der Waals surface area (Å²) in [4.78, 5) is 12.6. The Balaban J connectivity index is 1.94. The first-order valence-corrected chi connectivity index (χ1v) is 8.68. The van der Waals surface area contributed by atoms with Gasteiger partial charge in [-0.3, -0.25) is 4.79 Å². The molecule has 1 aromatic carbocycles. The molecule has 1 aliphatic rings. The third-order valence-corrected chi connectivity index (χ3v) is 4.74. The molecule has 2 aromatic rings. The van der Waals surface area contributed by atoms with Crippen LogP contribution < -0.4 is 11.1 Å². The number of aromatic nitrogens is 2. The Hall–Kier alpha value is -2.14. The molecule has 24 heavy (non-hydrogen) atoms. The summed E-state index contributed by atoms with van der Waals surface area (Å²) >= 11 is 0. The van der Waals surface area contributed by atoms with Gasteiger partial charge in [-0.2, -0.15) is 5.10 Å². The molecule has 128 valence electrons. The minimum absolute atomic E-state index is 0.0861. The van der Waals surface area contributed by atoms with Gasteiger partial charge in [0.05, 0.1) is 5.69 Å². The molecule has 0 saturated heterocycles. The summed E-state index contributed by atoms with van der Waals surface area (Å²) in [5.74, 6) is 0.181. The van der Waals surface area contributed by atoms with Crippen molar-refractivity contribution >= 4 is 5.91 Å². The zero-order valence-electron chi connectivity index (χ0n) is 14.7. The second-order valence-corrected chi connectivity index (χ2v) is 6.88. The van der Waals surface area contributed by atoms with Crippen LogP contribution in [0.1, 0.15) is 46.2 Å². The number of aryl methyl sites for hydroxylation is 2. The number of amides is 1. The number of benzene rings is 1. The van der Waals surface area contributed by atoms with Crippen molar-refractivity contribution in [2.75, 3.05) is 13.1 Å². The number of fused-ring (bicyclic) bond motifs is 1. The molecule has 5 nitrogen and oxygen atoms in total. The standard InChI is InChI=1S/C19H26N4O/c1-12-7-8-16(14(3)9-12)23-17-6-4-5-15(17)18(22-23)19(24)21-11-13(2)10-20/h7-9,13H,4-6,10-11,20H2,1-3H3,(H,21,24). The number of carbonyl (C=O) groups is 1. The molecule has 0 spiro atoms. The minimum atomic E-state index is -0.0861. The van der Waals surface area contributed by atoms with Gasteiger partial charge in [-0.25, -0.2) is 4.68 Å². The third-order valence-electron chi connectivity index (χ3n) is 4.74. The predicted octanol–water partition coefficient (Wildman–Crippen LogP) is 2.30. The normalized spacial score (nSPS) is 14.5. The first-order valence-electron chi connectivity index (χ1n) is 8.68. The van der Waals surface area contributed by atoms with Gasteiger partial charge in [-0.15, -0.1) is 0 Å². The molecule has 0 radical (unpaired) electrons. The summed E-state index contributed by atoms with van der Waals surface area (Å²) in [6.07, 6.45) is 2.98. The Labute approximate surface area is 143 Å². The van der Waals surface area contributed by atoms with Gasteiger partial charge < -0.3 is 11.1 Å². The van der Waals surface area contributed by atoms with Gasteiger partial charge in [0, 0.05) is 17.8 Å². The van der Waals surface area contributed by atoms with E-state index in [-0.39, 0.29) is 11.8 Å². The molecule has 3 rings (SSSR count). The van der Waals surface area contributed by atoms with Gasteiger partial charge in [0.1, 0.15) is 0 Å². The van der Waals surface area contributed by atoms with E-state index in [1.165, 1.54) is 16.8 Å². The van der Waals surface area contributed by atoms with E-state index in [0.29, 0.717) is 18.8 Å². The quantitative estimate of drug-likeness (QED) is 0.885. The molecule has 1 aromatic heterocycles. The molecule has 3 N–H and O–H groups in total. The number of carbonyl (C=O) groups excluding carboxylic acids is 1. The lowest BCUT2D eigenvalue weighted by Crippen LogP contribution is -2.32. The van der Waals surface area contributed by atoms with Gasteiger partial charge in [-0.05, 0) is 57.2 Å². The molecule has 1 amide bonds. The Morgan fingerprint density at radius 2 is 2.17 bits per heavy atom. The second kappa shape index (κ2) is 6.77. The van der Waals surface area contributed by atoms with Crippen LogP contribution in [0.3, 0.4) is 0 Å². The van der Waals surface area contributed by atoms with E-state index in [9.17, 15) is 4.79 Å². The summed E-state index contributed by atoms with van der Waals surface area (Å²) in [6, 6.07) is 6.34. The van der Waals surface area contributed by atoms with Crippen molar-refractivity contribution in [2.24, 2.45) is 11.7 Å². The highest BCUT2D eigenvalue weighted by molar-refractivity contribution is 5.94. The fourth-order valence-electron chi connectivity index (χ4n) is 3.30. The Morgan fingerprint density at radius 3 is 2.88 bits per heavy atom. The highest BCUT2D eigenvalue weighted by Crippen LogP contribution is 2.29. The summed E-state index contributed by atoms with van der Waals surface area (Å²) in [5.41, 5.74) is 12.0. The molecule has 0 saturated carbocycles. The smallest absolute Gasteiger partial charge is 0.272 e. The molecule has 1 atom stereocenters. The van der Waals surface area contributed by atoms with Crippen molar-refractivity contribution in [3.05, 3.63) is 46.3 Å². The molecular weight excluding hydrogens is 300 g/mol. The van der Waals surface area contributed by atoms with Crippen molar-refractivity contribution in [3.8, 4) is 5.69 Å². The molecule has 1 heterocycles. The lowest BCUT2D eigenvalue weighted by atomic mass is 10.1. The first-order chi connectivity index (χ1) is 11.5. The summed E-state index contributed by atoms with van der Waals surface area (Å²) in [6.45, 7) is 7.35. The molecule has 0 bridgehead atoms. The van der Waals surface area contributed by atoms with Crippen molar-refractivity contribution in [1.82, 2.24) is 15.1 Å². The number of hydrogen-bond acceptors (Lipinski definition) is 3. The van der Waals surface area contributed by atoms with Crippen LogP contribution in [0.2, 0.25) is 0 Å². The zero-order valence-corrected chi connectivity index (χ0v) is 14.7. The number of rotatable bonds is 5. The third kappa shape index (κ3) is 3.08. The predicted molar refractivity (Wildman–Crippen MR) is 95.6 cm³/mol. The van der Waals surface area contributed by atoms with Crippen LogP contribution in [0.15, 0.2) is 18.2 Å². The molecular formula is C19H26N4O. The van der Waals surface area contributed by atoms with E-state index >= 15 is 0 Å². The molecule has 1 aliphatic carbocycles. The molecule has 5 heteroatoms. The van der Waals surface area contributed by atoms with Crippen LogP contribution in [0.5, 0.6) is 0 Å². The average molecular weight is 326 g/mol. The maximum atomic E-state index is 12.6. The van der Waals surface area contributed by atoms with Crippen LogP contribution in [0.4, 0.5) is 0 Å². The topological polar surface area (TPSA) is 72.9 Å². The number of nitrogens with two attached hydrogens (primary N) is 1. The summed E-state index contributed by atoms with van der Waals surface area (Å²) in [5, 5.41) is 7.64. The van der Waals surface area contributed by atoms with Gasteiger partial charge in [0.15, 0.2) is 5.69 Å². The monoisotopic (exact) mass is 326 g/mol. The summed E-state index contributed by atoms with van der Waals surface area (Å²) < 4.78 is 1.97. The highest BCUT2D eigenvalue weighted by Gasteiger charge is 2.27. The molecule has 1 unspecified atom stereocenters. The van der Waals surface area contributed by atoms with Crippen LogP contribution in [-0.2, 0) is 12.8 Å². The fourth-order valence-corrected chi connectivity index (χ4v) is 3.30. The SMILES string of the molecule is Cc1ccc(-n2nc(C(=O)NCC(C)CN)c3c2CCC3)c(C)c1. The van der Waals surface area contributed by atoms with E-state index in [4.69, 9.17) is 5.73 Å². The summed E-state index contributed by atoms with van der Waals surface area (Å²) in [7, 11) is 0. The van der Waals surface area contributed by atoms with Crippen molar-refractivity contribution in [3.63, 3.8) is 0 Å². The maximum Gasteiger partial charge on any atom is 0.272 e. The van der Waals surface area contributed by atoms with Gasteiger partial charge in [-0.1, -0.05) is 24.6 Å². The van der Waals surface area contributed by atoms with E-state index in [1.807, 2.05) is 11.6 Å². The number of nitrogens with zero attached hydrogens (tertiary/aromatic N) is 2. The van der Waals surface area contributed by atoms with E-state index in [2.05, 4.69) is 42.5 Å². The average Bonchev–Trinajstić information content (AvgIpc) is 3.15. The first kappa shape index (κ1) is 16.7. The molecule has 0 aliphatic heterocycles. The van der Waals surface area contributed by atoms with E-state index in [1.54, 1.807) is 0 Å². The van der Waals surface area contributed by atoms with Crippen molar-refractivity contribution in [2.45, 2.75) is 40.0 Å². The Kier molecular flexibility index (Phi) is 4.71. The Morgan fingerprint density at radius 1 is 1.38 bits per heavy atom. The van der Waals surface area contributed by atoms with Gasteiger partial charge >= 0.3 is 0 Å². The van der Waals surface area contributed by atoms with Gasteiger partial charge in [0.25, 0.3) is 5.91 Å². The van der Waals surface area contributed by atoms with Crippen LogP contribution >= 0.6 is 0 Å². The second-order valence-electron chi connectivity index (χ2n) is 6.88. The lowest BCUT2D eigenvalue weighted by molar-refractivity contribution is 0.0942. The van der Waals surface area contributed by atoms with Crippen LogP contribution in [0.25, 0.3) is 5.69 Å². The minimum Gasteiger partial charge on any atom is -0.350 e. The van der Waals surface area contributed by atoms with E-state index < -0.39 is 0 Å². The van der Waals surface area contributed by atoms with Crippen LogP contribution in [-0.4, -0.2) is 28.8 Å². The van der Waals surface area contributed by atoms with Crippen molar-refractivity contribution in [1.29, 1.82) is 0 Å². The zero-order chi connectivity index (χ0) is 17.3. The molecule has 0 fully saturated rings.